The van der Waals surface area contributed by atoms with Gasteiger partial charge >= 0.3 is 0 Å². The van der Waals surface area contributed by atoms with E-state index in [2.05, 4.69) is 4.98 Å². The van der Waals surface area contributed by atoms with Crippen molar-refractivity contribution < 1.29 is 14.4 Å². The summed E-state index contributed by atoms with van der Waals surface area (Å²) in [5.74, 6) is -0.0367. The number of fused-ring (bicyclic) bond motifs is 3. The van der Waals surface area contributed by atoms with Gasteiger partial charge in [-0.3, -0.25) is 19.0 Å². The summed E-state index contributed by atoms with van der Waals surface area (Å²) in [7, 11) is 0. The fraction of sp³-hybridized carbons (Fsp3) is 0.111. The van der Waals surface area contributed by atoms with Crippen LogP contribution in [0.4, 0.5) is 0 Å². The molecule has 1 aromatic heterocycles. The van der Waals surface area contributed by atoms with Crippen molar-refractivity contribution in [2.45, 2.75) is 13.8 Å². The molecule has 5 heteroatoms. The van der Waals surface area contributed by atoms with Gasteiger partial charge in [0.05, 0.1) is 11.0 Å². The number of aryl methyl sites for hydroxylation is 1. The van der Waals surface area contributed by atoms with Crippen molar-refractivity contribution in [1.82, 2.24) is 9.55 Å². The molecule has 0 N–H and O–H groups in total. The van der Waals surface area contributed by atoms with E-state index < -0.39 is 0 Å². The number of ketones is 2. The third kappa shape index (κ3) is 1.73. The Bertz CT molecular complexity index is 1040. The van der Waals surface area contributed by atoms with Gasteiger partial charge in [-0.25, -0.2) is 4.98 Å². The van der Waals surface area contributed by atoms with Gasteiger partial charge in [0.2, 0.25) is 5.91 Å². The Labute approximate surface area is 131 Å². The number of imidazole rings is 1. The van der Waals surface area contributed by atoms with Crippen LogP contribution in [0.5, 0.6) is 0 Å². The van der Waals surface area contributed by atoms with E-state index in [9.17, 15) is 14.4 Å². The van der Waals surface area contributed by atoms with E-state index in [-0.39, 0.29) is 17.5 Å². The molecule has 0 saturated heterocycles. The Morgan fingerprint density at radius 2 is 1.52 bits per heavy atom. The molecule has 1 heterocycles. The van der Waals surface area contributed by atoms with Crippen molar-refractivity contribution in [2.24, 2.45) is 0 Å². The van der Waals surface area contributed by atoms with Crippen LogP contribution in [0.3, 0.4) is 0 Å². The van der Waals surface area contributed by atoms with Gasteiger partial charge < -0.3 is 0 Å². The summed E-state index contributed by atoms with van der Waals surface area (Å²) in [6.45, 7) is 3.16. The van der Waals surface area contributed by atoms with Crippen LogP contribution in [0.2, 0.25) is 0 Å². The lowest BCUT2D eigenvalue weighted by Crippen LogP contribution is -2.21. The quantitative estimate of drug-likeness (QED) is 0.501. The molecule has 0 amide bonds. The number of hydrogen-bond acceptors (Lipinski definition) is 4. The maximum Gasteiger partial charge on any atom is 0.229 e. The van der Waals surface area contributed by atoms with Crippen LogP contribution >= 0.6 is 0 Å². The van der Waals surface area contributed by atoms with Crippen molar-refractivity contribution in [1.29, 1.82) is 0 Å². The number of benzene rings is 2. The molecule has 5 nitrogen and oxygen atoms in total. The van der Waals surface area contributed by atoms with Gasteiger partial charge in [-0.05, 0) is 19.1 Å². The van der Waals surface area contributed by atoms with Gasteiger partial charge in [0.25, 0.3) is 0 Å². The second-order valence-electron chi connectivity index (χ2n) is 5.60. The molecule has 0 spiro atoms. The van der Waals surface area contributed by atoms with E-state index in [1.807, 2.05) is 0 Å². The zero-order valence-corrected chi connectivity index (χ0v) is 12.6. The van der Waals surface area contributed by atoms with E-state index in [1.165, 1.54) is 11.5 Å². The molecular weight excluding hydrogens is 292 g/mol. The minimum Gasteiger partial charge on any atom is -0.289 e. The van der Waals surface area contributed by atoms with E-state index in [1.54, 1.807) is 43.3 Å². The lowest BCUT2D eigenvalue weighted by Gasteiger charge is -2.17. The largest absolute Gasteiger partial charge is 0.289 e. The van der Waals surface area contributed by atoms with Crippen LogP contribution in [0.25, 0.3) is 11.0 Å². The highest BCUT2D eigenvalue weighted by Gasteiger charge is 2.30. The average Bonchev–Trinajstić information content (AvgIpc) is 2.86. The predicted molar refractivity (Wildman–Crippen MR) is 84.1 cm³/mol. The van der Waals surface area contributed by atoms with Gasteiger partial charge in [-0.1, -0.05) is 24.3 Å². The first-order valence-corrected chi connectivity index (χ1v) is 7.21. The Morgan fingerprint density at radius 1 is 0.957 bits per heavy atom. The summed E-state index contributed by atoms with van der Waals surface area (Å²) >= 11 is 0. The fourth-order valence-corrected chi connectivity index (χ4v) is 3.19. The van der Waals surface area contributed by atoms with Crippen molar-refractivity contribution in [3.63, 3.8) is 0 Å². The van der Waals surface area contributed by atoms with Gasteiger partial charge in [0, 0.05) is 29.2 Å². The van der Waals surface area contributed by atoms with Gasteiger partial charge in [-0.15, -0.1) is 0 Å². The number of carbonyl (C=O) groups is 3. The number of aromatic nitrogens is 2. The SMILES string of the molecule is CC(=O)n1c(C)nc2cc3c(cc21)C(=O)c1ccccc1C3=O. The number of hydrogen-bond donors (Lipinski definition) is 0. The van der Waals surface area contributed by atoms with Crippen molar-refractivity contribution >= 4 is 28.5 Å². The summed E-state index contributed by atoms with van der Waals surface area (Å²) in [4.78, 5) is 41.5. The Balaban J connectivity index is 2.07. The van der Waals surface area contributed by atoms with Crippen LogP contribution in [-0.2, 0) is 0 Å². The molecule has 0 radical (unpaired) electrons. The van der Waals surface area contributed by atoms with E-state index in [0.29, 0.717) is 39.1 Å². The van der Waals surface area contributed by atoms with Crippen LogP contribution < -0.4 is 0 Å². The van der Waals surface area contributed by atoms with E-state index in [0.717, 1.165) is 0 Å². The van der Waals surface area contributed by atoms with Gasteiger partial charge in [0.1, 0.15) is 5.82 Å². The molecule has 1 aliphatic rings. The average molecular weight is 304 g/mol. The van der Waals surface area contributed by atoms with Gasteiger partial charge in [-0.2, -0.15) is 0 Å². The minimum absolute atomic E-state index is 0.181. The van der Waals surface area contributed by atoms with Crippen LogP contribution in [0.15, 0.2) is 36.4 Å². The second kappa shape index (κ2) is 4.46. The molecule has 0 fully saturated rings. The van der Waals surface area contributed by atoms with E-state index in [4.69, 9.17) is 0 Å². The smallest absolute Gasteiger partial charge is 0.229 e. The summed E-state index contributed by atoms with van der Waals surface area (Å²) in [5, 5.41) is 0. The second-order valence-corrected chi connectivity index (χ2v) is 5.60. The maximum atomic E-state index is 12.7. The molecule has 0 aliphatic heterocycles. The molecule has 4 rings (SSSR count). The Morgan fingerprint density at radius 3 is 2.09 bits per heavy atom. The zero-order valence-electron chi connectivity index (χ0n) is 12.6. The standard InChI is InChI=1S/C18H12N2O3/c1-9-19-15-7-13-14(8-16(15)20(9)10(2)21)18(23)12-6-4-3-5-11(12)17(13)22/h3-8H,1-2H3. The first-order valence-electron chi connectivity index (χ1n) is 7.21. The molecular formula is C18H12N2O3. The third-order valence-electron chi connectivity index (χ3n) is 4.18. The monoisotopic (exact) mass is 304 g/mol. The highest BCUT2D eigenvalue weighted by atomic mass is 16.2. The topological polar surface area (TPSA) is 69.0 Å². The number of rotatable bonds is 0. The molecule has 3 aromatic rings. The zero-order chi connectivity index (χ0) is 16.3. The third-order valence-corrected chi connectivity index (χ3v) is 4.18. The summed E-state index contributed by atoms with van der Waals surface area (Å²) in [6.07, 6.45) is 0. The molecule has 1 aliphatic carbocycles. The summed E-state index contributed by atoms with van der Waals surface area (Å²) < 4.78 is 1.45. The van der Waals surface area contributed by atoms with Crippen molar-refractivity contribution in [3.05, 3.63) is 64.5 Å². The molecule has 0 bridgehead atoms. The molecule has 23 heavy (non-hydrogen) atoms. The van der Waals surface area contributed by atoms with Crippen LogP contribution in [0, 0.1) is 6.92 Å². The number of carbonyl (C=O) groups excluding carboxylic acids is 3. The Kier molecular flexibility index (Phi) is 2.63. The fourth-order valence-electron chi connectivity index (χ4n) is 3.19. The highest BCUT2D eigenvalue weighted by Crippen LogP contribution is 2.30. The van der Waals surface area contributed by atoms with Crippen molar-refractivity contribution in [3.8, 4) is 0 Å². The highest BCUT2D eigenvalue weighted by molar-refractivity contribution is 6.29. The molecule has 2 aromatic carbocycles. The van der Waals surface area contributed by atoms with Crippen molar-refractivity contribution in [2.75, 3.05) is 0 Å². The predicted octanol–water partition coefficient (Wildman–Crippen LogP) is 2.78. The molecule has 0 unspecified atom stereocenters. The van der Waals surface area contributed by atoms with E-state index >= 15 is 0 Å². The lowest BCUT2D eigenvalue weighted by molar-refractivity contribution is 0.0937. The molecule has 112 valence electrons. The first kappa shape index (κ1) is 13.6. The summed E-state index contributed by atoms with van der Waals surface area (Å²) in [5.41, 5.74) is 2.56. The molecule has 0 atom stereocenters. The lowest BCUT2D eigenvalue weighted by atomic mass is 9.84. The number of nitrogens with zero attached hydrogens (tertiary/aromatic N) is 2. The Hall–Kier alpha value is -3.08. The van der Waals surface area contributed by atoms with Crippen LogP contribution in [-0.4, -0.2) is 27.0 Å². The summed E-state index contributed by atoms with van der Waals surface area (Å²) in [6, 6.07) is 9.98. The molecule has 0 saturated carbocycles. The normalized spacial score (nSPS) is 13.1. The minimum atomic E-state index is -0.203. The van der Waals surface area contributed by atoms with Gasteiger partial charge in [0.15, 0.2) is 11.6 Å². The first-order chi connectivity index (χ1) is 11.0. The maximum absolute atomic E-state index is 12.7. The van der Waals surface area contributed by atoms with Crippen LogP contribution in [0.1, 0.15) is 49.4 Å².